The lowest BCUT2D eigenvalue weighted by molar-refractivity contribution is 0.0534. The van der Waals surface area contributed by atoms with Crippen LogP contribution in [0.4, 0.5) is 0 Å². The molecule has 5 heteroatoms. The molecule has 0 atom stereocenters. The Labute approximate surface area is 113 Å². The van der Waals surface area contributed by atoms with E-state index < -0.39 is 0 Å². The van der Waals surface area contributed by atoms with Gasteiger partial charge in [-0.05, 0) is 32.9 Å². The van der Waals surface area contributed by atoms with Gasteiger partial charge in [0.1, 0.15) is 0 Å². The van der Waals surface area contributed by atoms with Gasteiger partial charge in [-0.3, -0.25) is 0 Å². The third-order valence-corrected chi connectivity index (χ3v) is 4.41. The second-order valence-corrected chi connectivity index (χ2v) is 6.21. The number of hydrogen-bond acceptors (Lipinski definition) is 5. The van der Waals surface area contributed by atoms with Crippen molar-refractivity contribution in [2.75, 3.05) is 33.4 Å². The summed E-state index contributed by atoms with van der Waals surface area (Å²) in [6.07, 6.45) is 2.37. The van der Waals surface area contributed by atoms with Crippen LogP contribution in [0.3, 0.4) is 0 Å². The van der Waals surface area contributed by atoms with Crippen LogP contribution in [0.15, 0.2) is 5.38 Å². The lowest BCUT2D eigenvalue weighted by Crippen LogP contribution is -2.45. The highest BCUT2D eigenvalue weighted by Crippen LogP contribution is 2.28. The van der Waals surface area contributed by atoms with Crippen molar-refractivity contribution < 1.29 is 4.74 Å². The van der Waals surface area contributed by atoms with Crippen molar-refractivity contribution >= 4 is 11.3 Å². The molecule has 1 aliphatic rings. The summed E-state index contributed by atoms with van der Waals surface area (Å²) >= 11 is 1.71. The topological polar surface area (TPSA) is 46.2 Å². The average molecular weight is 269 g/mol. The minimum atomic E-state index is 0.297. The molecule has 0 aliphatic carbocycles. The Hall–Kier alpha value is -0.490. The zero-order valence-electron chi connectivity index (χ0n) is 11.3. The Kier molecular flexibility index (Phi) is 5.12. The van der Waals surface area contributed by atoms with Crippen LogP contribution in [0.25, 0.3) is 0 Å². The van der Waals surface area contributed by atoms with Crippen LogP contribution < -0.4 is 10.6 Å². The zero-order valence-corrected chi connectivity index (χ0v) is 12.1. The lowest BCUT2D eigenvalue weighted by Gasteiger charge is -2.37. The number of hydrogen-bond donors (Lipinski definition) is 2. The number of nitrogens with zero attached hydrogens (tertiary/aromatic N) is 1. The van der Waals surface area contributed by atoms with E-state index in [1.54, 1.807) is 18.4 Å². The number of ether oxygens (including phenoxy) is 1. The third-order valence-electron chi connectivity index (χ3n) is 3.59. The summed E-state index contributed by atoms with van der Waals surface area (Å²) in [5.74, 6) is 0. The van der Waals surface area contributed by atoms with E-state index in [0.29, 0.717) is 5.41 Å². The number of aryl methyl sites for hydroxylation is 1. The summed E-state index contributed by atoms with van der Waals surface area (Å²) < 4.78 is 5.41. The Balaban J connectivity index is 1.82. The molecule has 1 aliphatic heterocycles. The van der Waals surface area contributed by atoms with Crippen molar-refractivity contribution in [1.82, 2.24) is 15.6 Å². The molecule has 0 amide bonds. The van der Waals surface area contributed by atoms with E-state index in [1.807, 2.05) is 6.92 Å². The van der Waals surface area contributed by atoms with Crippen molar-refractivity contribution in [1.29, 1.82) is 0 Å². The largest absolute Gasteiger partial charge is 0.384 e. The number of nitrogens with one attached hydrogen (secondary N) is 2. The number of thiazole rings is 1. The van der Waals surface area contributed by atoms with E-state index in [0.717, 1.165) is 43.5 Å². The average Bonchev–Trinajstić information content (AvgIpc) is 2.77. The lowest BCUT2D eigenvalue weighted by atomic mass is 9.79. The predicted octanol–water partition coefficient (Wildman–Crippen LogP) is 1.56. The Morgan fingerprint density at radius 1 is 1.50 bits per heavy atom. The maximum atomic E-state index is 5.41. The van der Waals surface area contributed by atoms with Gasteiger partial charge >= 0.3 is 0 Å². The maximum Gasteiger partial charge on any atom is 0.0897 e. The fraction of sp³-hybridized carbons (Fsp3) is 0.769. The first-order valence-corrected chi connectivity index (χ1v) is 7.43. The van der Waals surface area contributed by atoms with Crippen LogP contribution in [0.1, 0.15) is 23.5 Å². The molecule has 1 fully saturated rings. The first-order valence-electron chi connectivity index (χ1n) is 6.55. The molecule has 0 aromatic carbocycles. The minimum absolute atomic E-state index is 0.297. The van der Waals surface area contributed by atoms with Crippen molar-refractivity contribution in [3.05, 3.63) is 16.1 Å². The SMILES string of the molecule is COCC1(CNCc2csc(C)n2)CCNCC1. The maximum absolute atomic E-state index is 5.41. The number of methoxy groups -OCH3 is 1. The van der Waals surface area contributed by atoms with E-state index in [1.165, 1.54) is 12.8 Å². The van der Waals surface area contributed by atoms with E-state index >= 15 is 0 Å². The molecule has 0 saturated carbocycles. The molecular weight excluding hydrogens is 246 g/mol. The molecule has 4 nitrogen and oxygen atoms in total. The van der Waals surface area contributed by atoms with Crippen molar-refractivity contribution in [2.45, 2.75) is 26.3 Å². The van der Waals surface area contributed by atoms with Gasteiger partial charge in [-0.15, -0.1) is 11.3 Å². The van der Waals surface area contributed by atoms with E-state index in [9.17, 15) is 0 Å². The molecule has 2 rings (SSSR count). The molecule has 2 heterocycles. The normalized spacial score (nSPS) is 19.0. The minimum Gasteiger partial charge on any atom is -0.384 e. The molecule has 0 unspecified atom stereocenters. The highest BCUT2D eigenvalue weighted by atomic mass is 32.1. The summed E-state index contributed by atoms with van der Waals surface area (Å²) in [5, 5.41) is 10.2. The van der Waals surface area contributed by atoms with Crippen molar-refractivity contribution in [3.8, 4) is 0 Å². The second kappa shape index (κ2) is 6.61. The Bertz CT molecular complexity index is 355. The summed E-state index contributed by atoms with van der Waals surface area (Å²) in [5.41, 5.74) is 1.45. The number of aromatic nitrogens is 1. The molecule has 2 N–H and O–H groups in total. The van der Waals surface area contributed by atoms with Crippen molar-refractivity contribution in [3.63, 3.8) is 0 Å². The highest BCUT2D eigenvalue weighted by Gasteiger charge is 2.31. The Morgan fingerprint density at radius 3 is 2.89 bits per heavy atom. The van der Waals surface area contributed by atoms with E-state index in [-0.39, 0.29) is 0 Å². The van der Waals surface area contributed by atoms with Crippen LogP contribution in [-0.2, 0) is 11.3 Å². The van der Waals surface area contributed by atoms with Crippen LogP contribution in [0.2, 0.25) is 0 Å². The van der Waals surface area contributed by atoms with Gasteiger partial charge in [-0.25, -0.2) is 4.98 Å². The number of piperidine rings is 1. The number of rotatable bonds is 6. The van der Waals surface area contributed by atoms with E-state index in [2.05, 4.69) is 21.0 Å². The highest BCUT2D eigenvalue weighted by molar-refractivity contribution is 7.09. The molecule has 0 spiro atoms. The molecule has 1 aromatic heterocycles. The van der Waals surface area contributed by atoms with Crippen molar-refractivity contribution in [2.24, 2.45) is 5.41 Å². The van der Waals surface area contributed by atoms with Crippen LogP contribution in [0, 0.1) is 12.3 Å². The summed E-state index contributed by atoms with van der Waals surface area (Å²) in [4.78, 5) is 4.47. The molecule has 0 bridgehead atoms. The zero-order chi connectivity index (χ0) is 12.8. The molecular formula is C13H23N3OS. The standard InChI is InChI=1S/C13H23N3OS/c1-11-16-12(8-18-11)7-15-9-13(10-17-2)3-5-14-6-4-13/h8,14-15H,3-7,9-10H2,1-2H3. The fourth-order valence-corrected chi connectivity index (χ4v) is 3.19. The molecule has 18 heavy (non-hydrogen) atoms. The van der Waals surface area contributed by atoms with Gasteiger partial charge in [-0.2, -0.15) is 0 Å². The van der Waals surface area contributed by atoms with Gasteiger partial charge in [0, 0.05) is 31.0 Å². The van der Waals surface area contributed by atoms with Crippen LogP contribution in [0.5, 0.6) is 0 Å². The van der Waals surface area contributed by atoms with Crippen LogP contribution in [-0.4, -0.2) is 38.3 Å². The molecule has 0 radical (unpaired) electrons. The first kappa shape index (κ1) is 13.9. The van der Waals surface area contributed by atoms with Gasteiger partial charge < -0.3 is 15.4 Å². The van der Waals surface area contributed by atoms with Gasteiger partial charge in [0.2, 0.25) is 0 Å². The predicted molar refractivity (Wildman–Crippen MR) is 75.0 cm³/mol. The fourth-order valence-electron chi connectivity index (χ4n) is 2.58. The third kappa shape index (κ3) is 3.75. The quantitative estimate of drug-likeness (QED) is 0.823. The first-order chi connectivity index (χ1) is 8.74. The van der Waals surface area contributed by atoms with Gasteiger partial charge in [0.15, 0.2) is 0 Å². The second-order valence-electron chi connectivity index (χ2n) is 5.14. The van der Waals surface area contributed by atoms with Gasteiger partial charge in [-0.1, -0.05) is 0 Å². The molecule has 1 saturated heterocycles. The summed E-state index contributed by atoms with van der Waals surface area (Å²) in [7, 11) is 1.80. The van der Waals surface area contributed by atoms with Gasteiger partial charge in [0.25, 0.3) is 0 Å². The summed E-state index contributed by atoms with van der Waals surface area (Å²) in [6, 6.07) is 0. The molecule has 102 valence electrons. The molecule has 1 aromatic rings. The van der Waals surface area contributed by atoms with E-state index in [4.69, 9.17) is 4.74 Å². The smallest absolute Gasteiger partial charge is 0.0897 e. The monoisotopic (exact) mass is 269 g/mol. The Morgan fingerprint density at radius 2 is 2.28 bits per heavy atom. The summed E-state index contributed by atoms with van der Waals surface area (Å²) in [6.45, 7) is 6.97. The van der Waals surface area contributed by atoms with Crippen LogP contribution >= 0.6 is 11.3 Å². The van der Waals surface area contributed by atoms with Gasteiger partial charge in [0.05, 0.1) is 17.3 Å².